The average Bonchev–Trinajstić information content (AvgIpc) is 3.37. The van der Waals surface area contributed by atoms with Gasteiger partial charge >= 0.3 is 11.9 Å². The smallest absolute Gasteiger partial charge is 0.309 e. The Kier molecular flexibility index (Phi) is 5.11. The van der Waals surface area contributed by atoms with Gasteiger partial charge in [-0.25, -0.2) is 0 Å². The summed E-state index contributed by atoms with van der Waals surface area (Å²) in [6.07, 6.45) is 6.14. The Hall–Kier alpha value is -1.77. The molecule has 3 saturated heterocycles. The molecule has 6 fully saturated rings. The zero-order valence-electron chi connectivity index (χ0n) is 23.0. The molecule has 7 rings (SSSR count). The van der Waals surface area contributed by atoms with Crippen LogP contribution in [0.15, 0.2) is 12.2 Å². The molecule has 14 atom stereocenters. The van der Waals surface area contributed by atoms with E-state index in [1.165, 1.54) is 6.92 Å². The lowest BCUT2D eigenvalue weighted by Gasteiger charge is -2.58. The van der Waals surface area contributed by atoms with Gasteiger partial charge in [-0.05, 0) is 88.2 Å². The van der Waals surface area contributed by atoms with Crippen molar-refractivity contribution in [3.05, 3.63) is 12.2 Å². The second kappa shape index (κ2) is 7.70. The Balaban J connectivity index is 1.22. The van der Waals surface area contributed by atoms with Gasteiger partial charge in [0.15, 0.2) is 18.2 Å². The van der Waals surface area contributed by atoms with E-state index in [1.807, 2.05) is 20.8 Å². The van der Waals surface area contributed by atoms with Gasteiger partial charge in [-0.2, -0.15) is 0 Å². The minimum Gasteiger partial charge on any atom is -0.459 e. The summed E-state index contributed by atoms with van der Waals surface area (Å²) in [6.45, 7) is 9.47. The van der Waals surface area contributed by atoms with Crippen molar-refractivity contribution in [1.29, 1.82) is 0 Å². The topological polar surface area (TPSA) is 112 Å². The standard InChI is InChI=1S/C30H40O8/c1-14-12-23(36-25(33)15(14)2)28(5)20-7-6-19-17-13-24-30(37-24)22(35-16(3)31)9-8-21(32)27(30,4)18(17)10-11-29(19,20)26(34)38-28/h8-9,14-15,17-20,22-24,26,34H,6-7,10-13H2,1-5H3. The zero-order chi connectivity index (χ0) is 27.0. The average molecular weight is 529 g/mol. The second-order valence-corrected chi connectivity index (χ2v) is 13.8. The molecule has 3 aliphatic heterocycles. The minimum absolute atomic E-state index is 0.0499. The number of allylic oxidation sites excluding steroid dienone is 1. The normalized spacial score (nSPS) is 58.2. The first-order valence-corrected chi connectivity index (χ1v) is 14.5. The summed E-state index contributed by atoms with van der Waals surface area (Å²) in [6, 6.07) is 0. The zero-order valence-corrected chi connectivity index (χ0v) is 23.0. The van der Waals surface area contributed by atoms with Gasteiger partial charge in [-0.3, -0.25) is 14.4 Å². The molecule has 38 heavy (non-hydrogen) atoms. The number of rotatable bonds is 2. The first kappa shape index (κ1) is 25.2. The first-order valence-electron chi connectivity index (χ1n) is 14.5. The lowest BCUT2D eigenvalue weighted by Crippen LogP contribution is -2.64. The van der Waals surface area contributed by atoms with Crippen molar-refractivity contribution in [3.8, 4) is 0 Å². The molecule has 2 spiro atoms. The molecular formula is C30H40O8. The van der Waals surface area contributed by atoms with Crippen LogP contribution in [0.1, 0.15) is 73.1 Å². The van der Waals surface area contributed by atoms with Crippen LogP contribution in [-0.2, 0) is 33.3 Å². The molecule has 0 aromatic carbocycles. The van der Waals surface area contributed by atoms with E-state index in [0.717, 1.165) is 38.5 Å². The van der Waals surface area contributed by atoms with Crippen molar-refractivity contribution >= 4 is 17.7 Å². The van der Waals surface area contributed by atoms with Gasteiger partial charge in [0.25, 0.3) is 0 Å². The van der Waals surface area contributed by atoms with Crippen LogP contribution in [0.5, 0.6) is 0 Å². The van der Waals surface area contributed by atoms with Crippen molar-refractivity contribution in [2.75, 3.05) is 0 Å². The molecule has 0 aromatic heterocycles. The number of fused-ring (bicyclic) bond motifs is 3. The minimum atomic E-state index is -0.935. The third-order valence-electron chi connectivity index (χ3n) is 12.7. The Morgan fingerprint density at radius 1 is 1.05 bits per heavy atom. The summed E-state index contributed by atoms with van der Waals surface area (Å²) in [4.78, 5) is 38.2. The van der Waals surface area contributed by atoms with Gasteiger partial charge in [0, 0.05) is 18.3 Å². The Bertz CT molecular complexity index is 1130. The highest BCUT2D eigenvalue weighted by Crippen LogP contribution is 2.76. The molecule has 4 aliphatic carbocycles. The highest BCUT2D eigenvalue weighted by Gasteiger charge is 2.83. The van der Waals surface area contributed by atoms with E-state index in [4.69, 9.17) is 18.9 Å². The fourth-order valence-electron chi connectivity index (χ4n) is 10.6. The first-order chi connectivity index (χ1) is 17.9. The third-order valence-corrected chi connectivity index (χ3v) is 12.7. The molecule has 14 unspecified atom stereocenters. The second-order valence-electron chi connectivity index (χ2n) is 13.8. The number of cyclic esters (lactones) is 1. The number of epoxide rings is 1. The molecule has 208 valence electrons. The van der Waals surface area contributed by atoms with Crippen LogP contribution in [-0.4, -0.2) is 58.6 Å². The number of carbonyl (C=O) groups excluding carboxylic acids is 3. The van der Waals surface area contributed by atoms with E-state index in [1.54, 1.807) is 12.2 Å². The quantitative estimate of drug-likeness (QED) is 0.429. The molecule has 8 nitrogen and oxygen atoms in total. The molecule has 0 amide bonds. The molecular weight excluding hydrogens is 488 g/mol. The fourth-order valence-corrected chi connectivity index (χ4v) is 10.6. The maximum atomic E-state index is 13.6. The summed E-state index contributed by atoms with van der Waals surface area (Å²) in [7, 11) is 0. The molecule has 0 bridgehead atoms. The van der Waals surface area contributed by atoms with Crippen LogP contribution >= 0.6 is 0 Å². The predicted octanol–water partition coefficient (Wildman–Crippen LogP) is 3.34. The maximum absolute atomic E-state index is 13.6. The molecule has 0 aromatic rings. The largest absolute Gasteiger partial charge is 0.459 e. The molecule has 1 N–H and O–H groups in total. The highest BCUT2D eigenvalue weighted by molar-refractivity contribution is 5.98. The number of esters is 2. The number of hydrogen-bond donors (Lipinski definition) is 1. The Morgan fingerprint density at radius 2 is 1.82 bits per heavy atom. The molecule has 7 aliphatic rings. The number of carbonyl (C=O) groups is 3. The molecule has 0 radical (unpaired) electrons. The maximum Gasteiger partial charge on any atom is 0.309 e. The number of ketones is 1. The van der Waals surface area contributed by atoms with Crippen molar-refractivity contribution in [3.63, 3.8) is 0 Å². The SMILES string of the molecule is CC(=O)OC1C=CC(=O)C2(C)C3CCC45C(O)OC(C)(C6CC(C)C(C)C(=O)O6)C4CCC5C3CC3OC132. The van der Waals surface area contributed by atoms with E-state index in [9.17, 15) is 19.5 Å². The number of aliphatic hydroxyl groups is 1. The predicted molar refractivity (Wildman–Crippen MR) is 133 cm³/mol. The van der Waals surface area contributed by atoms with Gasteiger partial charge in [0.1, 0.15) is 17.3 Å². The van der Waals surface area contributed by atoms with E-state index in [2.05, 4.69) is 6.92 Å². The summed E-state index contributed by atoms with van der Waals surface area (Å²) in [5.41, 5.74) is -2.75. The Labute approximate surface area is 223 Å². The van der Waals surface area contributed by atoms with Crippen LogP contribution in [0.25, 0.3) is 0 Å². The van der Waals surface area contributed by atoms with Crippen LogP contribution < -0.4 is 0 Å². The highest BCUT2D eigenvalue weighted by atomic mass is 16.7. The van der Waals surface area contributed by atoms with Crippen molar-refractivity contribution in [2.45, 2.75) is 109 Å². The monoisotopic (exact) mass is 528 g/mol. The van der Waals surface area contributed by atoms with Crippen LogP contribution in [0, 0.1) is 46.3 Å². The van der Waals surface area contributed by atoms with E-state index < -0.39 is 34.4 Å². The molecule has 3 heterocycles. The summed E-state index contributed by atoms with van der Waals surface area (Å²) in [5.74, 6) is 0.0720. The number of aliphatic hydroxyl groups excluding tert-OH is 1. The van der Waals surface area contributed by atoms with Gasteiger partial charge < -0.3 is 24.1 Å². The van der Waals surface area contributed by atoms with Crippen molar-refractivity contribution in [2.24, 2.45) is 46.3 Å². The van der Waals surface area contributed by atoms with Gasteiger partial charge in [0.05, 0.1) is 17.4 Å². The lowest BCUT2D eigenvalue weighted by molar-refractivity contribution is -0.226. The molecule has 8 heteroatoms. The van der Waals surface area contributed by atoms with Gasteiger partial charge in [-0.1, -0.05) is 13.8 Å². The van der Waals surface area contributed by atoms with Crippen LogP contribution in [0.3, 0.4) is 0 Å². The van der Waals surface area contributed by atoms with Crippen molar-refractivity contribution in [1.82, 2.24) is 0 Å². The number of ether oxygens (including phenoxy) is 4. The number of hydrogen-bond acceptors (Lipinski definition) is 8. The third kappa shape index (κ3) is 2.75. The van der Waals surface area contributed by atoms with Crippen molar-refractivity contribution < 1.29 is 38.4 Å². The fraction of sp³-hybridized carbons (Fsp3) is 0.833. The van der Waals surface area contributed by atoms with Gasteiger partial charge in [0.2, 0.25) is 0 Å². The summed E-state index contributed by atoms with van der Waals surface area (Å²) >= 11 is 0. The lowest BCUT2D eigenvalue weighted by atomic mass is 9.44. The van der Waals surface area contributed by atoms with E-state index in [0.29, 0.717) is 0 Å². The van der Waals surface area contributed by atoms with E-state index >= 15 is 0 Å². The molecule has 3 saturated carbocycles. The summed E-state index contributed by atoms with van der Waals surface area (Å²) in [5, 5.41) is 11.7. The van der Waals surface area contributed by atoms with Gasteiger partial charge in [-0.15, -0.1) is 0 Å². The Morgan fingerprint density at radius 3 is 2.53 bits per heavy atom. The van der Waals surface area contributed by atoms with Crippen LogP contribution in [0.2, 0.25) is 0 Å². The summed E-state index contributed by atoms with van der Waals surface area (Å²) < 4.78 is 24.5. The van der Waals surface area contributed by atoms with E-state index in [-0.39, 0.29) is 65.4 Å². The van der Waals surface area contributed by atoms with Crippen LogP contribution in [0.4, 0.5) is 0 Å².